The topological polar surface area (TPSA) is 53.1 Å². The Kier molecular flexibility index (Phi) is 5.21. The molecule has 1 aliphatic rings. The fourth-order valence-corrected chi connectivity index (χ4v) is 3.09. The van der Waals surface area contributed by atoms with E-state index in [1.165, 1.54) is 37.8 Å². The van der Waals surface area contributed by atoms with Crippen LogP contribution in [0.5, 0.6) is 0 Å². The smallest absolute Gasteiger partial charge is 0.125 e. The standard InChI is InChI=1S/C17H26FN3/c1-12(2)9-10-21(14-5-3-4-6-14)16-8-7-13(18)11-15(16)17(19)20/h7-8,11-12,14H,3-6,9-10H2,1-2H3,(H3,19,20). The van der Waals surface area contributed by atoms with Crippen molar-refractivity contribution in [3.8, 4) is 0 Å². The van der Waals surface area contributed by atoms with Crippen molar-refractivity contribution in [1.29, 1.82) is 5.41 Å². The molecule has 0 aliphatic heterocycles. The molecule has 3 N–H and O–H groups in total. The van der Waals surface area contributed by atoms with Gasteiger partial charge >= 0.3 is 0 Å². The number of nitrogens with two attached hydrogens (primary N) is 1. The molecule has 116 valence electrons. The van der Waals surface area contributed by atoms with Gasteiger partial charge in [-0.1, -0.05) is 26.7 Å². The summed E-state index contributed by atoms with van der Waals surface area (Å²) in [5.74, 6) is 0.228. The normalized spacial score (nSPS) is 15.6. The molecule has 0 heterocycles. The zero-order valence-corrected chi connectivity index (χ0v) is 13.0. The number of nitrogens with one attached hydrogen (secondary N) is 1. The van der Waals surface area contributed by atoms with Crippen LogP contribution in [-0.4, -0.2) is 18.4 Å². The van der Waals surface area contributed by atoms with Gasteiger partial charge in [-0.2, -0.15) is 0 Å². The van der Waals surface area contributed by atoms with Gasteiger partial charge in [-0.05, 0) is 43.4 Å². The van der Waals surface area contributed by atoms with Gasteiger partial charge in [0.25, 0.3) is 0 Å². The number of nitrogens with zero attached hydrogens (tertiary/aromatic N) is 1. The van der Waals surface area contributed by atoms with E-state index < -0.39 is 0 Å². The maximum absolute atomic E-state index is 13.5. The average molecular weight is 291 g/mol. The summed E-state index contributed by atoms with van der Waals surface area (Å²) in [7, 11) is 0. The van der Waals surface area contributed by atoms with Crippen molar-refractivity contribution < 1.29 is 4.39 Å². The lowest BCUT2D eigenvalue weighted by Crippen LogP contribution is -2.36. The molecule has 0 spiro atoms. The molecular formula is C17H26FN3. The van der Waals surface area contributed by atoms with Gasteiger partial charge in [0.15, 0.2) is 0 Å². The first-order valence-electron chi connectivity index (χ1n) is 7.89. The van der Waals surface area contributed by atoms with Crippen LogP contribution < -0.4 is 10.6 Å². The number of hydrogen-bond acceptors (Lipinski definition) is 2. The van der Waals surface area contributed by atoms with E-state index >= 15 is 0 Å². The third-order valence-corrected chi connectivity index (χ3v) is 4.27. The highest BCUT2D eigenvalue weighted by atomic mass is 19.1. The summed E-state index contributed by atoms with van der Waals surface area (Å²) in [6.07, 6.45) is 5.93. The molecule has 0 unspecified atom stereocenters. The van der Waals surface area contributed by atoms with Gasteiger partial charge in [-0.3, -0.25) is 5.41 Å². The maximum Gasteiger partial charge on any atom is 0.125 e. The van der Waals surface area contributed by atoms with E-state index in [0.717, 1.165) is 18.7 Å². The van der Waals surface area contributed by atoms with Crippen LogP contribution in [0.3, 0.4) is 0 Å². The first-order chi connectivity index (χ1) is 9.99. The minimum absolute atomic E-state index is 0.0583. The molecule has 0 aromatic heterocycles. The number of halogens is 1. The van der Waals surface area contributed by atoms with E-state index in [-0.39, 0.29) is 11.7 Å². The van der Waals surface area contributed by atoms with Crippen molar-refractivity contribution in [2.24, 2.45) is 11.7 Å². The summed E-state index contributed by atoms with van der Waals surface area (Å²) in [6.45, 7) is 5.36. The fourth-order valence-electron chi connectivity index (χ4n) is 3.09. The number of hydrogen-bond donors (Lipinski definition) is 2. The number of benzene rings is 1. The predicted octanol–water partition coefficient (Wildman–Crippen LogP) is 3.90. The Morgan fingerprint density at radius 2 is 2.05 bits per heavy atom. The molecule has 2 rings (SSSR count). The third kappa shape index (κ3) is 3.96. The first kappa shape index (κ1) is 15.8. The Morgan fingerprint density at radius 1 is 1.38 bits per heavy atom. The Hall–Kier alpha value is -1.58. The van der Waals surface area contributed by atoms with E-state index in [9.17, 15) is 4.39 Å². The molecule has 1 fully saturated rings. The van der Waals surface area contributed by atoms with E-state index in [4.69, 9.17) is 11.1 Å². The maximum atomic E-state index is 13.5. The molecule has 1 aromatic rings. The molecule has 21 heavy (non-hydrogen) atoms. The summed E-state index contributed by atoms with van der Waals surface area (Å²) in [5, 5.41) is 7.74. The second-order valence-corrected chi connectivity index (χ2v) is 6.39. The van der Waals surface area contributed by atoms with Crippen LogP contribution in [-0.2, 0) is 0 Å². The van der Waals surface area contributed by atoms with Gasteiger partial charge in [0.1, 0.15) is 11.7 Å². The minimum Gasteiger partial charge on any atom is -0.384 e. The molecule has 0 radical (unpaired) electrons. The van der Waals surface area contributed by atoms with Crippen LogP contribution in [0.4, 0.5) is 10.1 Å². The van der Waals surface area contributed by atoms with Crippen LogP contribution in [0.1, 0.15) is 51.5 Å². The van der Waals surface area contributed by atoms with Crippen LogP contribution in [0.2, 0.25) is 0 Å². The molecule has 0 amide bonds. The minimum atomic E-state index is -0.334. The summed E-state index contributed by atoms with van der Waals surface area (Å²) < 4.78 is 13.5. The van der Waals surface area contributed by atoms with Crippen molar-refractivity contribution in [3.05, 3.63) is 29.6 Å². The largest absolute Gasteiger partial charge is 0.384 e. The second-order valence-electron chi connectivity index (χ2n) is 6.39. The fraction of sp³-hybridized carbons (Fsp3) is 0.588. The molecule has 1 saturated carbocycles. The quantitative estimate of drug-likeness (QED) is 0.617. The number of anilines is 1. The Labute approximate surface area is 126 Å². The van der Waals surface area contributed by atoms with Crippen LogP contribution in [0, 0.1) is 17.1 Å². The number of nitrogen functional groups attached to an aromatic ring is 1. The molecule has 3 nitrogen and oxygen atoms in total. The van der Waals surface area contributed by atoms with Gasteiger partial charge in [-0.25, -0.2) is 4.39 Å². The van der Waals surface area contributed by atoms with Crippen LogP contribution in [0.15, 0.2) is 18.2 Å². The summed E-state index contributed by atoms with van der Waals surface area (Å²) in [6, 6.07) is 5.13. The highest BCUT2D eigenvalue weighted by molar-refractivity contribution is 6.00. The first-order valence-corrected chi connectivity index (χ1v) is 7.89. The number of amidine groups is 1. The van der Waals surface area contributed by atoms with Crippen molar-refractivity contribution >= 4 is 11.5 Å². The van der Waals surface area contributed by atoms with E-state index in [0.29, 0.717) is 17.5 Å². The van der Waals surface area contributed by atoms with Gasteiger partial charge in [0.2, 0.25) is 0 Å². The Bertz CT molecular complexity index is 493. The zero-order chi connectivity index (χ0) is 15.4. The summed E-state index contributed by atoms with van der Waals surface area (Å²) in [5.41, 5.74) is 7.10. The van der Waals surface area contributed by atoms with E-state index in [2.05, 4.69) is 18.7 Å². The van der Waals surface area contributed by atoms with Crippen molar-refractivity contribution in [3.63, 3.8) is 0 Å². The van der Waals surface area contributed by atoms with E-state index in [1.807, 2.05) is 0 Å². The molecule has 0 atom stereocenters. The molecule has 0 bridgehead atoms. The molecule has 1 aliphatic carbocycles. The Morgan fingerprint density at radius 3 is 2.62 bits per heavy atom. The third-order valence-electron chi connectivity index (χ3n) is 4.27. The molecule has 0 saturated heterocycles. The zero-order valence-electron chi connectivity index (χ0n) is 13.0. The van der Waals surface area contributed by atoms with E-state index in [1.54, 1.807) is 6.07 Å². The molecule has 1 aromatic carbocycles. The monoisotopic (exact) mass is 291 g/mol. The van der Waals surface area contributed by atoms with Gasteiger partial charge < -0.3 is 10.6 Å². The van der Waals surface area contributed by atoms with Crippen molar-refractivity contribution in [2.75, 3.05) is 11.4 Å². The van der Waals surface area contributed by atoms with Crippen molar-refractivity contribution in [2.45, 2.75) is 52.0 Å². The SMILES string of the molecule is CC(C)CCN(c1ccc(F)cc1C(=N)N)C1CCCC1. The predicted molar refractivity (Wildman–Crippen MR) is 86.5 cm³/mol. The molecule has 4 heteroatoms. The van der Waals surface area contributed by atoms with Gasteiger partial charge in [-0.15, -0.1) is 0 Å². The summed E-state index contributed by atoms with van der Waals surface area (Å²) >= 11 is 0. The average Bonchev–Trinajstić information content (AvgIpc) is 2.93. The van der Waals surface area contributed by atoms with Gasteiger partial charge in [0, 0.05) is 23.8 Å². The van der Waals surface area contributed by atoms with Gasteiger partial charge in [0.05, 0.1) is 0 Å². The highest BCUT2D eigenvalue weighted by Crippen LogP contribution is 2.31. The van der Waals surface area contributed by atoms with Crippen LogP contribution in [0.25, 0.3) is 0 Å². The molecular weight excluding hydrogens is 265 g/mol. The lowest BCUT2D eigenvalue weighted by Gasteiger charge is -2.33. The number of rotatable bonds is 6. The lowest BCUT2D eigenvalue weighted by molar-refractivity contribution is 0.527. The van der Waals surface area contributed by atoms with Crippen LogP contribution >= 0.6 is 0 Å². The highest BCUT2D eigenvalue weighted by Gasteiger charge is 2.25. The second kappa shape index (κ2) is 6.92. The Balaban J connectivity index is 2.32. The lowest BCUT2D eigenvalue weighted by atomic mass is 10.0. The van der Waals surface area contributed by atoms with Crippen molar-refractivity contribution in [1.82, 2.24) is 0 Å². The summed E-state index contributed by atoms with van der Waals surface area (Å²) in [4.78, 5) is 2.35.